The Hall–Kier alpha value is -1.14. The van der Waals surface area contributed by atoms with Gasteiger partial charge < -0.3 is 18.9 Å². The Labute approximate surface area is 177 Å². The van der Waals surface area contributed by atoms with E-state index in [0.29, 0.717) is 6.42 Å². The minimum atomic E-state index is -1.06. The number of esters is 2. The number of ether oxygens (including phenoxy) is 4. The standard InChI is InChI=1S/C23H42O6/c1-5-8-9-10-11-12-13-14-15-16-17-18-23(4)28-19(21(24)26-6-2)20(29-23)22(25)27-7-3/h19-20H,5-18H2,1-4H3/t19-,20-/m1/s1. The molecule has 0 aromatic carbocycles. The summed E-state index contributed by atoms with van der Waals surface area (Å²) in [5.74, 6) is -2.12. The van der Waals surface area contributed by atoms with Crippen LogP contribution in [0.5, 0.6) is 0 Å². The Morgan fingerprint density at radius 1 is 0.690 bits per heavy atom. The lowest BCUT2D eigenvalue weighted by molar-refractivity contribution is -0.184. The molecule has 0 aliphatic carbocycles. The average Bonchev–Trinajstić information content (AvgIpc) is 3.05. The molecule has 1 aliphatic heterocycles. The second kappa shape index (κ2) is 14.8. The smallest absolute Gasteiger partial charge is 0.338 e. The monoisotopic (exact) mass is 414 g/mol. The summed E-state index contributed by atoms with van der Waals surface area (Å²) in [7, 11) is 0. The van der Waals surface area contributed by atoms with E-state index >= 15 is 0 Å². The van der Waals surface area contributed by atoms with Crippen LogP contribution in [0.3, 0.4) is 0 Å². The van der Waals surface area contributed by atoms with Gasteiger partial charge in [0.15, 0.2) is 18.0 Å². The highest BCUT2D eigenvalue weighted by Gasteiger charge is 2.52. The van der Waals surface area contributed by atoms with Crippen molar-refractivity contribution >= 4 is 11.9 Å². The topological polar surface area (TPSA) is 71.1 Å². The first-order valence-corrected chi connectivity index (χ1v) is 11.7. The molecule has 1 saturated heterocycles. The SMILES string of the molecule is CCCCCCCCCCCCCC1(C)O[C@@H](C(=O)OCC)[C@H](C(=O)OCC)O1. The number of hydrogen-bond acceptors (Lipinski definition) is 6. The van der Waals surface area contributed by atoms with Gasteiger partial charge in [0.1, 0.15) is 0 Å². The lowest BCUT2D eigenvalue weighted by Gasteiger charge is -2.23. The van der Waals surface area contributed by atoms with Crippen molar-refractivity contribution < 1.29 is 28.5 Å². The first-order chi connectivity index (χ1) is 14.0. The van der Waals surface area contributed by atoms with E-state index in [9.17, 15) is 9.59 Å². The minimum Gasteiger partial charge on any atom is -0.464 e. The Kier molecular flexibility index (Phi) is 13.2. The van der Waals surface area contributed by atoms with Gasteiger partial charge in [-0.15, -0.1) is 0 Å². The molecule has 6 heteroatoms. The van der Waals surface area contributed by atoms with Crippen molar-refractivity contribution in [3.05, 3.63) is 0 Å². The van der Waals surface area contributed by atoms with Gasteiger partial charge in [0.05, 0.1) is 13.2 Å². The van der Waals surface area contributed by atoms with E-state index in [1.165, 1.54) is 57.8 Å². The third kappa shape index (κ3) is 9.94. The highest BCUT2D eigenvalue weighted by molar-refractivity contribution is 5.86. The summed E-state index contributed by atoms with van der Waals surface area (Å²) >= 11 is 0. The molecule has 0 aromatic heterocycles. The van der Waals surface area contributed by atoms with Crippen LogP contribution < -0.4 is 0 Å². The molecule has 0 spiro atoms. The molecule has 0 radical (unpaired) electrons. The predicted molar refractivity (Wildman–Crippen MR) is 112 cm³/mol. The van der Waals surface area contributed by atoms with E-state index in [4.69, 9.17) is 18.9 Å². The summed E-state index contributed by atoms with van der Waals surface area (Å²) in [6.45, 7) is 7.92. The van der Waals surface area contributed by atoms with E-state index in [-0.39, 0.29) is 13.2 Å². The average molecular weight is 415 g/mol. The van der Waals surface area contributed by atoms with Crippen molar-refractivity contribution in [2.75, 3.05) is 13.2 Å². The molecule has 170 valence electrons. The zero-order valence-corrected chi connectivity index (χ0v) is 19.0. The van der Waals surface area contributed by atoms with Gasteiger partial charge in [-0.2, -0.15) is 0 Å². The van der Waals surface area contributed by atoms with Gasteiger partial charge >= 0.3 is 11.9 Å². The number of carbonyl (C=O) groups excluding carboxylic acids is 2. The van der Waals surface area contributed by atoms with Crippen LogP contribution >= 0.6 is 0 Å². The fourth-order valence-corrected chi connectivity index (χ4v) is 3.71. The van der Waals surface area contributed by atoms with E-state index < -0.39 is 29.9 Å². The molecule has 0 aromatic rings. The van der Waals surface area contributed by atoms with Gasteiger partial charge in [-0.05, 0) is 27.2 Å². The molecule has 0 amide bonds. The molecule has 0 N–H and O–H groups in total. The quantitative estimate of drug-likeness (QED) is 0.252. The first-order valence-electron chi connectivity index (χ1n) is 11.7. The van der Waals surface area contributed by atoms with Crippen molar-refractivity contribution in [1.29, 1.82) is 0 Å². The van der Waals surface area contributed by atoms with Gasteiger partial charge in [-0.1, -0.05) is 71.1 Å². The van der Waals surface area contributed by atoms with E-state index in [1.54, 1.807) is 20.8 Å². The van der Waals surface area contributed by atoms with Crippen LogP contribution in [0.2, 0.25) is 0 Å². The van der Waals surface area contributed by atoms with Crippen LogP contribution in [0, 0.1) is 0 Å². The summed E-state index contributed by atoms with van der Waals surface area (Å²) < 4.78 is 21.7. The molecule has 1 rings (SSSR count). The first kappa shape index (κ1) is 25.9. The number of carbonyl (C=O) groups is 2. The summed E-state index contributed by atoms with van der Waals surface area (Å²) in [5, 5.41) is 0. The van der Waals surface area contributed by atoms with Crippen LogP contribution in [0.1, 0.15) is 105 Å². The van der Waals surface area contributed by atoms with Crippen molar-refractivity contribution in [1.82, 2.24) is 0 Å². The highest BCUT2D eigenvalue weighted by atomic mass is 16.8. The van der Waals surface area contributed by atoms with Gasteiger partial charge in [0.2, 0.25) is 0 Å². The maximum atomic E-state index is 12.2. The number of unbranched alkanes of at least 4 members (excludes halogenated alkanes) is 10. The summed E-state index contributed by atoms with van der Waals surface area (Å²) in [5.41, 5.74) is 0. The van der Waals surface area contributed by atoms with E-state index in [2.05, 4.69) is 6.92 Å². The Morgan fingerprint density at radius 3 is 1.45 bits per heavy atom. The number of hydrogen-bond donors (Lipinski definition) is 0. The fourth-order valence-electron chi connectivity index (χ4n) is 3.71. The molecule has 0 bridgehead atoms. The predicted octanol–water partition coefficient (Wildman–Crippen LogP) is 5.31. The normalized spacial score (nSPS) is 20.6. The van der Waals surface area contributed by atoms with Crippen molar-refractivity contribution in [3.8, 4) is 0 Å². The summed E-state index contributed by atoms with van der Waals surface area (Å²) in [6.07, 6.45) is 12.3. The van der Waals surface area contributed by atoms with Gasteiger partial charge in [-0.25, -0.2) is 9.59 Å². The van der Waals surface area contributed by atoms with Gasteiger partial charge in [0.25, 0.3) is 0 Å². The maximum Gasteiger partial charge on any atom is 0.338 e. The molecule has 1 fully saturated rings. The van der Waals surface area contributed by atoms with Crippen molar-refractivity contribution in [2.24, 2.45) is 0 Å². The van der Waals surface area contributed by atoms with Gasteiger partial charge in [0, 0.05) is 6.42 Å². The Balaban J connectivity index is 2.30. The number of rotatable bonds is 16. The molecule has 2 atom stereocenters. The van der Waals surface area contributed by atoms with Crippen LogP contribution in [0.25, 0.3) is 0 Å². The van der Waals surface area contributed by atoms with Crippen LogP contribution in [0.15, 0.2) is 0 Å². The summed E-state index contributed by atoms with van der Waals surface area (Å²) in [6, 6.07) is 0. The molecular formula is C23H42O6. The Morgan fingerprint density at radius 2 is 1.07 bits per heavy atom. The van der Waals surface area contributed by atoms with Crippen molar-refractivity contribution in [3.63, 3.8) is 0 Å². The van der Waals surface area contributed by atoms with Gasteiger partial charge in [-0.3, -0.25) is 0 Å². The van der Waals surface area contributed by atoms with Crippen LogP contribution in [-0.4, -0.2) is 43.1 Å². The third-order valence-corrected chi connectivity index (χ3v) is 5.30. The molecule has 6 nitrogen and oxygen atoms in total. The highest BCUT2D eigenvalue weighted by Crippen LogP contribution is 2.34. The lowest BCUT2D eigenvalue weighted by Crippen LogP contribution is -2.39. The largest absolute Gasteiger partial charge is 0.464 e. The summed E-state index contributed by atoms with van der Waals surface area (Å²) in [4.78, 5) is 24.4. The molecule has 29 heavy (non-hydrogen) atoms. The van der Waals surface area contributed by atoms with E-state index in [0.717, 1.165) is 12.8 Å². The van der Waals surface area contributed by atoms with Crippen LogP contribution in [-0.2, 0) is 28.5 Å². The lowest BCUT2D eigenvalue weighted by atomic mass is 10.0. The molecule has 0 unspecified atom stereocenters. The van der Waals surface area contributed by atoms with E-state index in [1.807, 2.05) is 0 Å². The molecule has 0 saturated carbocycles. The second-order valence-electron chi connectivity index (χ2n) is 8.00. The van der Waals surface area contributed by atoms with Crippen LogP contribution in [0.4, 0.5) is 0 Å². The van der Waals surface area contributed by atoms with Crippen molar-refractivity contribution in [2.45, 2.75) is 123 Å². The maximum absolute atomic E-state index is 12.2. The molecule has 1 aliphatic rings. The zero-order chi connectivity index (χ0) is 21.5. The molecular weight excluding hydrogens is 372 g/mol. The second-order valence-corrected chi connectivity index (χ2v) is 8.00. The fraction of sp³-hybridized carbons (Fsp3) is 0.913. The third-order valence-electron chi connectivity index (χ3n) is 5.30. The molecule has 1 heterocycles. The zero-order valence-electron chi connectivity index (χ0n) is 19.0. The Bertz CT molecular complexity index is 438. The minimum absolute atomic E-state index is 0.226.